The fraction of sp³-hybridized carbons (Fsp3) is 0.222. The zero-order chi connectivity index (χ0) is 16.1. The molecule has 0 aliphatic carbocycles. The summed E-state index contributed by atoms with van der Waals surface area (Å²) in [6.07, 6.45) is 0.606. The number of hydrogen-bond acceptors (Lipinski definition) is 4. The van der Waals surface area contributed by atoms with Crippen molar-refractivity contribution in [1.82, 2.24) is 9.78 Å². The van der Waals surface area contributed by atoms with E-state index in [4.69, 9.17) is 9.15 Å². The Morgan fingerprint density at radius 3 is 2.43 bits per heavy atom. The maximum atomic E-state index is 11.6. The second-order valence-corrected chi connectivity index (χ2v) is 5.19. The molecule has 0 N–H and O–H groups in total. The van der Waals surface area contributed by atoms with Crippen LogP contribution in [0.25, 0.3) is 0 Å². The third kappa shape index (κ3) is 3.88. The SMILES string of the molecule is CCc1nn(Cc2ccc(OCc3ccccc3)cc2)c(=O)o1. The third-order valence-corrected chi connectivity index (χ3v) is 3.45. The van der Waals surface area contributed by atoms with Gasteiger partial charge in [0.2, 0.25) is 5.89 Å². The Kier molecular flexibility index (Phi) is 4.57. The van der Waals surface area contributed by atoms with E-state index in [1.54, 1.807) is 0 Å². The highest BCUT2D eigenvalue weighted by molar-refractivity contribution is 5.27. The molecule has 0 saturated heterocycles. The quantitative estimate of drug-likeness (QED) is 0.702. The number of rotatable bonds is 6. The van der Waals surface area contributed by atoms with Gasteiger partial charge in [0.15, 0.2) is 0 Å². The highest BCUT2D eigenvalue weighted by Gasteiger charge is 2.06. The van der Waals surface area contributed by atoms with Gasteiger partial charge in [-0.3, -0.25) is 0 Å². The summed E-state index contributed by atoms with van der Waals surface area (Å²) >= 11 is 0. The Bertz CT molecular complexity index is 804. The van der Waals surface area contributed by atoms with E-state index in [2.05, 4.69) is 5.10 Å². The van der Waals surface area contributed by atoms with E-state index in [0.29, 0.717) is 25.5 Å². The maximum Gasteiger partial charge on any atom is 0.437 e. The summed E-state index contributed by atoms with van der Waals surface area (Å²) in [4.78, 5) is 11.6. The molecule has 0 bridgehead atoms. The van der Waals surface area contributed by atoms with Gasteiger partial charge in [-0.2, -0.15) is 4.68 Å². The van der Waals surface area contributed by atoms with Crippen molar-refractivity contribution in [3.63, 3.8) is 0 Å². The van der Waals surface area contributed by atoms with Gasteiger partial charge in [-0.1, -0.05) is 49.4 Å². The Morgan fingerprint density at radius 2 is 1.78 bits per heavy atom. The molecule has 3 rings (SSSR count). The van der Waals surface area contributed by atoms with Gasteiger partial charge in [0.1, 0.15) is 12.4 Å². The Morgan fingerprint density at radius 1 is 1.04 bits per heavy atom. The Balaban J connectivity index is 1.62. The first kappa shape index (κ1) is 15.1. The molecule has 1 heterocycles. The van der Waals surface area contributed by atoms with Crippen LogP contribution in [0.4, 0.5) is 0 Å². The van der Waals surface area contributed by atoms with Crippen molar-refractivity contribution in [3.05, 3.63) is 82.2 Å². The van der Waals surface area contributed by atoms with Gasteiger partial charge < -0.3 is 9.15 Å². The van der Waals surface area contributed by atoms with E-state index >= 15 is 0 Å². The van der Waals surface area contributed by atoms with E-state index in [0.717, 1.165) is 16.9 Å². The molecule has 0 radical (unpaired) electrons. The average molecular weight is 310 g/mol. The minimum atomic E-state index is -0.425. The molecule has 0 fully saturated rings. The van der Waals surface area contributed by atoms with Gasteiger partial charge in [-0.15, -0.1) is 5.10 Å². The van der Waals surface area contributed by atoms with E-state index in [1.807, 2.05) is 61.5 Å². The largest absolute Gasteiger partial charge is 0.489 e. The fourth-order valence-electron chi connectivity index (χ4n) is 2.20. The molecule has 0 amide bonds. The van der Waals surface area contributed by atoms with Crippen LogP contribution in [0.3, 0.4) is 0 Å². The van der Waals surface area contributed by atoms with E-state index < -0.39 is 5.76 Å². The summed E-state index contributed by atoms with van der Waals surface area (Å²) in [6, 6.07) is 17.6. The number of ether oxygens (including phenoxy) is 1. The van der Waals surface area contributed by atoms with Crippen molar-refractivity contribution < 1.29 is 9.15 Å². The van der Waals surface area contributed by atoms with Crippen LogP contribution in [-0.4, -0.2) is 9.78 Å². The van der Waals surface area contributed by atoms with E-state index in [1.165, 1.54) is 4.68 Å². The number of hydrogen-bond donors (Lipinski definition) is 0. The van der Waals surface area contributed by atoms with Crippen LogP contribution in [0.1, 0.15) is 23.9 Å². The molecule has 0 aliphatic rings. The van der Waals surface area contributed by atoms with Crippen molar-refractivity contribution >= 4 is 0 Å². The number of aryl methyl sites for hydroxylation is 1. The topological polar surface area (TPSA) is 57.3 Å². The monoisotopic (exact) mass is 310 g/mol. The molecule has 118 valence electrons. The molecular weight excluding hydrogens is 292 g/mol. The van der Waals surface area contributed by atoms with Crippen molar-refractivity contribution in [2.24, 2.45) is 0 Å². The van der Waals surface area contributed by atoms with Crippen LogP contribution < -0.4 is 10.5 Å². The van der Waals surface area contributed by atoms with Crippen molar-refractivity contribution in [2.75, 3.05) is 0 Å². The summed E-state index contributed by atoms with van der Waals surface area (Å²) in [5, 5.41) is 4.13. The van der Waals surface area contributed by atoms with Crippen molar-refractivity contribution in [3.8, 4) is 5.75 Å². The lowest BCUT2D eigenvalue weighted by molar-refractivity contribution is 0.306. The number of nitrogens with zero attached hydrogens (tertiary/aromatic N) is 2. The molecule has 23 heavy (non-hydrogen) atoms. The zero-order valence-electron chi connectivity index (χ0n) is 12.9. The lowest BCUT2D eigenvalue weighted by Gasteiger charge is -2.07. The van der Waals surface area contributed by atoms with Crippen LogP contribution in [0.5, 0.6) is 5.75 Å². The first-order valence-electron chi connectivity index (χ1n) is 7.57. The van der Waals surface area contributed by atoms with E-state index in [-0.39, 0.29) is 0 Å². The number of aromatic nitrogens is 2. The predicted molar refractivity (Wildman–Crippen MR) is 86.5 cm³/mol. The van der Waals surface area contributed by atoms with Crippen LogP contribution in [0.2, 0.25) is 0 Å². The summed E-state index contributed by atoms with van der Waals surface area (Å²) in [5.74, 6) is 0.823. The third-order valence-electron chi connectivity index (χ3n) is 3.45. The van der Waals surface area contributed by atoms with Crippen LogP contribution in [0.15, 0.2) is 63.8 Å². The molecule has 0 aliphatic heterocycles. The molecule has 5 nitrogen and oxygen atoms in total. The lowest BCUT2D eigenvalue weighted by atomic mass is 10.2. The van der Waals surface area contributed by atoms with Crippen LogP contribution in [-0.2, 0) is 19.6 Å². The molecule has 3 aromatic rings. The normalized spacial score (nSPS) is 10.7. The van der Waals surface area contributed by atoms with Gasteiger partial charge in [0.25, 0.3) is 0 Å². The standard InChI is InChI=1S/C18H18N2O3/c1-2-17-19-20(18(21)23-17)12-14-8-10-16(11-9-14)22-13-15-6-4-3-5-7-15/h3-11H,2,12-13H2,1H3. The number of benzene rings is 2. The van der Waals surface area contributed by atoms with Crippen molar-refractivity contribution in [1.29, 1.82) is 0 Å². The summed E-state index contributed by atoms with van der Waals surface area (Å²) in [6.45, 7) is 2.82. The van der Waals surface area contributed by atoms with Gasteiger partial charge in [0, 0.05) is 6.42 Å². The Labute approximate surface area is 134 Å². The predicted octanol–water partition coefficient (Wildman–Crippen LogP) is 3.03. The molecular formula is C18H18N2O3. The van der Waals surface area contributed by atoms with Crippen molar-refractivity contribution in [2.45, 2.75) is 26.5 Å². The maximum absolute atomic E-state index is 11.6. The fourth-order valence-corrected chi connectivity index (χ4v) is 2.20. The first-order valence-corrected chi connectivity index (χ1v) is 7.57. The molecule has 2 aromatic carbocycles. The second kappa shape index (κ2) is 6.96. The van der Waals surface area contributed by atoms with Crippen LogP contribution in [0, 0.1) is 0 Å². The smallest absolute Gasteiger partial charge is 0.437 e. The minimum Gasteiger partial charge on any atom is -0.489 e. The highest BCUT2D eigenvalue weighted by Crippen LogP contribution is 2.14. The summed E-state index contributed by atoms with van der Waals surface area (Å²) in [7, 11) is 0. The van der Waals surface area contributed by atoms with Gasteiger partial charge in [-0.05, 0) is 23.3 Å². The first-order chi connectivity index (χ1) is 11.2. The molecule has 0 saturated carbocycles. The molecule has 5 heteroatoms. The highest BCUT2D eigenvalue weighted by atomic mass is 16.5. The molecule has 0 atom stereocenters. The Hall–Kier alpha value is -2.82. The van der Waals surface area contributed by atoms with Gasteiger partial charge in [-0.25, -0.2) is 4.79 Å². The summed E-state index contributed by atoms with van der Waals surface area (Å²) in [5.41, 5.74) is 2.09. The second-order valence-electron chi connectivity index (χ2n) is 5.19. The zero-order valence-corrected chi connectivity index (χ0v) is 12.9. The van der Waals surface area contributed by atoms with Crippen LogP contribution >= 0.6 is 0 Å². The summed E-state index contributed by atoms with van der Waals surface area (Å²) < 4.78 is 12.1. The minimum absolute atomic E-state index is 0.390. The lowest BCUT2D eigenvalue weighted by Crippen LogP contribution is -2.16. The molecule has 0 unspecified atom stereocenters. The van der Waals surface area contributed by atoms with Gasteiger partial charge >= 0.3 is 5.76 Å². The average Bonchev–Trinajstić information content (AvgIpc) is 2.95. The molecule has 0 spiro atoms. The molecule has 1 aromatic heterocycles. The van der Waals surface area contributed by atoms with Gasteiger partial charge in [0.05, 0.1) is 6.54 Å². The van der Waals surface area contributed by atoms with E-state index in [9.17, 15) is 4.79 Å².